The maximum atomic E-state index is 9.94. The van der Waals surface area contributed by atoms with Gasteiger partial charge in [0.25, 0.3) is 0 Å². The molecular formula is C24H46O5. The van der Waals surface area contributed by atoms with Gasteiger partial charge in [-0.1, -0.05) is 76.9 Å². The first-order chi connectivity index (χ1) is 14.2. The van der Waals surface area contributed by atoms with Crippen LogP contribution in [0, 0.1) is 0 Å². The van der Waals surface area contributed by atoms with Gasteiger partial charge in [-0.15, -0.1) is 0 Å². The lowest BCUT2D eigenvalue weighted by Crippen LogP contribution is -2.40. The van der Waals surface area contributed by atoms with E-state index in [1.54, 1.807) is 0 Å². The highest BCUT2D eigenvalue weighted by Crippen LogP contribution is 2.18. The van der Waals surface area contributed by atoms with Crippen LogP contribution < -0.4 is 0 Å². The van der Waals surface area contributed by atoms with Crippen molar-refractivity contribution in [3.05, 3.63) is 12.2 Å². The van der Waals surface area contributed by atoms with Gasteiger partial charge in [-0.25, -0.2) is 0 Å². The van der Waals surface area contributed by atoms with Gasteiger partial charge in [0.1, 0.15) is 24.4 Å². The Morgan fingerprint density at radius 1 is 0.862 bits per heavy atom. The number of allylic oxidation sites excluding steroid dienone is 2. The second-order valence-electron chi connectivity index (χ2n) is 8.44. The van der Waals surface area contributed by atoms with Crippen LogP contribution in [0.1, 0.15) is 96.8 Å². The highest BCUT2D eigenvalue weighted by Gasteiger charge is 2.39. The SMILES string of the molecule is CCCCCCCCCCCC/C=C/CCCCOC[C@H](O)[C@H]1OC[C@@H](O)[C@H]1O. The number of rotatable bonds is 19. The van der Waals surface area contributed by atoms with Gasteiger partial charge in [0.05, 0.1) is 13.2 Å². The van der Waals surface area contributed by atoms with E-state index >= 15 is 0 Å². The smallest absolute Gasteiger partial charge is 0.114 e. The zero-order valence-corrected chi connectivity index (χ0v) is 18.6. The first kappa shape index (κ1) is 26.6. The summed E-state index contributed by atoms with van der Waals surface area (Å²) >= 11 is 0. The minimum Gasteiger partial charge on any atom is -0.388 e. The van der Waals surface area contributed by atoms with Crippen molar-refractivity contribution < 1.29 is 24.8 Å². The van der Waals surface area contributed by atoms with Crippen LogP contribution in [0.25, 0.3) is 0 Å². The third-order valence-corrected chi connectivity index (χ3v) is 5.66. The van der Waals surface area contributed by atoms with Crippen LogP contribution in [0.3, 0.4) is 0 Å². The van der Waals surface area contributed by atoms with Crippen molar-refractivity contribution in [3.63, 3.8) is 0 Å². The standard InChI is InChI=1S/C24H46O5/c1-2-3-4-5-6-7-8-9-10-11-12-13-14-15-16-17-18-28-19-22(26)24-23(27)21(25)20-29-24/h13-14,21-27H,2-12,15-20H2,1H3/b14-13+/t21-,22+,23-,24-/m1/s1. The number of hydrogen-bond acceptors (Lipinski definition) is 5. The van der Waals surface area contributed by atoms with E-state index in [9.17, 15) is 15.3 Å². The summed E-state index contributed by atoms with van der Waals surface area (Å²) in [5.74, 6) is 0. The number of aliphatic hydroxyl groups is 3. The fourth-order valence-corrected chi connectivity index (χ4v) is 3.72. The average Bonchev–Trinajstić information content (AvgIpc) is 3.05. The molecule has 4 atom stereocenters. The Balaban J connectivity index is 1.79. The molecule has 1 saturated heterocycles. The van der Waals surface area contributed by atoms with Crippen molar-refractivity contribution in [2.75, 3.05) is 19.8 Å². The van der Waals surface area contributed by atoms with Crippen LogP contribution >= 0.6 is 0 Å². The Morgan fingerprint density at radius 3 is 1.97 bits per heavy atom. The first-order valence-electron chi connectivity index (χ1n) is 12.0. The molecule has 0 bridgehead atoms. The van der Waals surface area contributed by atoms with E-state index in [0.717, 1.165) is 19.3 Å². The van der Waals surface area contributed by atoms with Crippen molar-refractivity contribution in [1.82, 2.24) is 0 Å². The minimum absolute atomic E-state index is 0.0638. The second kappa shape index (κ2) is 18.3. The number of unbranched alkanes of at least 4 members (excludes halogenated alkanes) is 12. The molecule has 0 radical (unpaired) electrons. The predicted molar refractivity (Wildman–Crippen MR) is 118 cm³/mol. The lowest BCUT2D eigenvalue weighted by molar-refractivity contribution is -0.0813. The first-order valence-corrected chi connectivity index (χ1v) is 12.0. The van der Waals surface area contributed by atoms with Crippen molar-refractivity contribution in [2.24, 2.45) is 0 Å². The van der Waals surface area contributed by atoms with Crippen LogP contribution in [0.2, 0.25) is 0 Å². The van der Waals surface area contributed by atoms with Crippen molar-refractivity contribution >= 4 is 0 Å². The molecule has 0 saturated carbocycles. The molecule has 0 aromatic carbocycles. The maximum absolute atomic E-state index is 9.94. The van der Waals surface area contributed by atoms with Gasteiger partial charge >= 0.3 is 0 Å². The van der Waals surface area contributed by atoms with E-state index in [4.69, 9.17) is 9.47 Å². The molecule has 0 unspecified atom stereocenters. The molecular weight excluding hydrogens is 368 g/mol. The molecule has 29 heavy (non-hydrogen) atoms. The van der Waals surface area contributed by atoms with Crippen LogP contribution in [-0.4, -0.2) is 59.6 Å². The molecule has 1 fully saturated rings. The van der Waals surface area contributed by atoms with Crippen LogP contribution in [0.4, 0.5) is 0 Å². The highest BCUT2D eigenvalue weighted by molar-refractivity contribution is 4.87. The monoisotopic (exact) mass is 414 g/mol. The van der Waals surface area contributed by atoms with Crippen LogP contribution in [-0.2, 0) is 9.47 Å². The Labute approximate surface area is 178 Å². The fraction of sp³-hybridized carbons (Fsp3) is 0.917. The van der Waals surface area contributed by atoms with Crippen molar-refractivity contribution in [2.45, 2.75) is 121 Å². The highest BCUT2D eigenvalue weighted by atomic mass is 16.5. The van der Waals surface area contributed by atoms with E-state index in [1.165, 1.54) is 70.6 Å². The van der Waals surface area contributed by atoms with Gasteiger partial charge in [-0.3, -0.25) is 0 Å². The average molecular weight is 415 g/mol. The van der Waals surface area contributed by atoms with E-state index < -0.39 is 24.4 Å². The van der Waals surface area contributed by atoms with E-state index in [1.807, 2.05) is 0 Å². The maximum Gasteiger partial charge on any atom is 0.114 e. The van der Waals surface area contributed by atoms with E-state index in [-0.39, 0.29) is 13.2 Å². The zero-order valence-electron chi connectivity index (χ0n) is 18.6. The molecule has 0 amide bonds. The largest absolute Gasteiger partial charge is 0.388 e. The molecule has 5 heteroatoms. The third-order valence-electron chi connectivity index (χ3n) is 5.66. The number of aliphatic hydroxyl groups excluding tert-OH is 3. The Morgan fingerprint density at radius 2 is 1.41 bits per heavy atom. The molecule has 1 aliphatic rings. The predicted octanol–water partition coefficient (Wildman–Crippen LogP) is 4.52. The van der Waals surface area contributed by atoms with Crippen LogP contribution in [0.5, 0.6) is 0 Å². The van der Waals surface area contributed by atoms with Gasteiger partial charge < -0.3 is 24.8 Å². The Hall–Kier alpha value is -0.460. The minimum atomic E-state index is -1.03. The molecule has 172 valence electrons. The number of ether oxygens (including phenoxy) is 2. The van der Waals surface area contributed by atoms with Gasteiger partial charge in [0.15, 0.2) is 0 Å². The summed E-state index contributed by atoms with van der Waals surface area (Å²) in [6, 6.07) is 0. The van der Waals surface area contributed by atoms with E-state index in [2.05, 4.69) is 19.1 Å². The summed E-state index contributed by atoms with van der Waals surface area (Å²) in [4.78, 5) is 0. The molecule has 1 heterocycles. The summed E-state index contributed by atoms with van der Waals surface area (Å²) in [6.07, 6.45) is 19.1. The summed E-state index contributed by atoms with van der Waals surface area (Å²) in [7, 11) is 0. The second-order valence-corrected chi connectivity index (χ2v) is 8.44. The molecule has 0 aliphatic carbocycles. The molecule has 5 nitrogen and oxygen atoms in total. The summed E-state index contributed by atoms with van der Waals surface area (Å²) in [5, 5.41) is 29.0. The molecule has 0 aromatic heterocycles. The Bertz CT molecular complexity index is 387. The van der Waals surface area contributed by atoms with Crippen molar-refractivity contribution in [1.29, 1.82) is 0 Å². The van der Waals surface area contributed by atoms with Gasteiger partial charge in [-0.2, -0.15) is 0 Å². The molecule has 1 aliphatic heterocycles. The van der Waals surface area contributed by atoms with Gasteiger partial charge in [-0.05, 0) is 32.1 Å². The normalized spacial score (nSPS) is 23.2. The fourth-order valence-electron chi connectivity index (χ4n) is 3.72. The topological polar surface area (TPSA) is 79.2 Å². The van der Waals surface area contributed by atoms with Gasteiger partial charge in [0.2, 0.25) is 0 Å². The Kier molecular flexibility index (Phi) is 16.8. The third kappa shape index (κ3) is 13.5. The number of hydrogen-bond donors (Lipinski definition) is 3. The van der Waals surface area contributed by atoms with Gasteiger partial charge in [0, 0.05) is 6.61 Å². The lowest BCUT2D eigenvalue weighted by atomic mass is 10.1. The quantitative estimate of drug-likeness (QED) is 0.214. The molecule has 0 spiro atoms. The van der Waals surface area contributed by atoms with E-state index in [0.29, 0.717) is 6.61 Å². The van der Waals surface area contributed by atoms with Crippen LogP contribution in [0.15, 0.2) is 12.2 Å². The van der Waals surface area contributed by atoms with Crippen molar-refractivity contribution in [3.8, 4) is 0 Å². The zero-order chi connectivity index (χ0) is 21.2. The summed E-state index contributed by atoms with van der Waals surface area (Å²) < 4.78 is 10.7. The molecule has 0 aromatic rings. The summed E-state index contributed by atoms with van der Waals surface area (Å²) in [5.41, 5.74) is 0. The molecule has 1 rings (SSSR count). The molecule has 3 N–H and O–H groups in total. The summed E-state index contributed by atoms with van der Waals surface area (Å²) in [6.45, 7) is 3.05. The lowest BCUT2D eigenvalue weighted by Gasteiger charge is -2.20.